The Morgan fingerprint density at radius 2 is 1.70 bits per heavy atom. The summed E-state index contributed by atoms with van der Waals surface area (Å²) in [4.78, 5) is 2.31. The molecule has 2 aromatic rings. The minimum Gasteiger partial charge on any atom is -0.497 e. The van der Waals surface area contributed by atoms with Crippen LogP contribution in [0, 0.1) is 0 Å². The van der Waals surface area contributed by atoms with E-state index in [0.717, 1.165) is 25.3 Å². The predicted octanol–water partition coefficient (Wildman–Crippen LogP) is 3.51. The molecule has 1 N–H and O–H groups in total. The van der Waals surface area contributed by atoms with Gasteiger partial charge in [0.05, 0.1) is 13.2 Å². The monoisotopic (exact) mass is 313 g/mol. The van der Waals surface area contributed by atoms with Gasteiger partial charge in [-0.2, -0.15) is 0 Å². The fraction of sp³-hybridized carbons (Fsp3) is 0.400. The Morgan fingerprint density at radius 3 is 2.30 bits per heavy atom. The average molecular weight is 313 g/mol. The van der Waals surface area contributed by atoms with Crippen molar-refractivity contribution in [3.05, 3.63) is 65.7 Å². The van der Waals surface area contributed by atoms with Gasteiger partial charge in [0, 0.05) is 13.1 Å². The number of aliphatic hydroxyl groups is 1. The highest BCUT2D eigenvalue weighted by molar-refractivity contribution is 5.27. The van der Waals surface area contributed by atoms with Crippen molar-refractivity contribution < 1.29 is 9.84 Å². The average Bonchev–Trinajstić information content (AvgIpc) is 2.56. The summed E-state index contributed by atoms with van der Waals surface area (Å²) in [7, 11) is 1.68. The Balaban J connectivity index is 1.91. The Bertz CT molecular complexity index is 554. The van der Waals surface area contributed by atoms with E-state index < -0.39 is 0 Å². The third-order valence-electron chi connectivity index (χ3n) is 3.89. The van der Waals surface area contributed by atoms with Gasteiger partial charge >= 0.3 is 0 Å². The molecule has 1 atom stereocenters. The van der Waals surface area contributed by atoms with Crippen LogP contribution in [0.2, 0.25) is 0 Å². The summed E-state index contributed by atoms with van der Waals surface area (Å²) in [5.41, 5.74) is 2.42. The van der Waals surface area contributed by atoms with Gasteiger partial charge in [-0.15, -0.1) is 0 Å². The van der Waals surface area contributed by atoms with Gasteiger partial charge in [-0.25, -0.2) is 0 Å². The van der Waals surface area contributed by atoms with Crippen LogP contribution >= 0.6 is 0 Å². The van der Waals surface area contributed by atoms with E-state index in [1.54, 1.807) is 7.11 Å². The normalized spacial score (nSPS) is 12.3. The maximum Gasteiger partial charge on any atom is 0.118 e. The van der Waals surface area contributed by atoms with Crippen LogP contribution in [0.4, 0.5) is 0 Å². The highest BCUT2D eigenvalue weighted by Gasteiger charge is 2.12. The topological polar surface area (TPSA) is 32.7 Å². The molecule has 0 radical (unpaired) electrons. The lowest BCUT2D eigenvalue weighted by Crippen LogP contribution is -2.33. The highest BCUT2D eigenvalue weighted by atomic mass is 16.5. The number of ether oxygens (including phenoxy) is 1. The molecule has 0 aliphatic rings. The number of hydrogen-bond donors (Lipinski definition) is 1. The summed E-state index contributed by atoms with van der Waals surface area (Å²) in [5, 5.41) is 10.4. The number of rotatable bonds is 9. The molecule has 0 heterocycles. The van der Waals surface area contributed by atoms with Crippen molar-refractivity contribution in [2.75, 3.05) is 20.2 Å². The van der Waals surface area contributed by atoms with Crippen LogP contribution < -0.4 is 4.74 Å². The van der Waals surface area contributed by atoms with E-state index >= 15 is 0 Å². The summed E-state index contributed by atoms with van der Waals surface area (Å²) in [6.45, 7) is 4.70. The standard InChI is InChI=1S/C20H27NO2/c1-3-13-21(15-18-9-11-20(23-2)12-10-18)16-19(22)14-17-7-5-4-6-8-17/h4-12,19,22H,3,13-16H2,1-2H3/t19-/m1/s1. The van der Waals surface area contributed by atoms with Crippen LogP contribution in [-0.2, 0) is 13.0 Å². The van der Waals surface area contributed by atoms with Gasteiger partial charge in [0.2, 0.25) is 0 Å². The lowest BCUT2D eigenvalue weighted by atomic mass is 10.1. The molecule has 3 heteroatoms. The molecule has 0 bridgehead atoms. The molecular weight excluding hydrogens is 286 g/mol. The molecule has 0 aliphatic heterocycles. The third kappa shape index (κ3) is 6.05. The van der Waals surface area contributed by atoms with Crippen molar-refractivity contribution in [2.45, 2.75) is 32.4 Å². The first-order valence-corrected chi connectivity index (χ1v) is 8.28. The van der Waals surface area contributed by atoms with E-state index in [4.69, 9.17) is 4.74 Å². The summed E-state index contributed by atoms with van der Waals surface area (Å²) >= 11 is 0. The lowest BCUT2D eigenvalue weighted by molar-refractivity contribution is 0.108. The first kappa shape index (κ1) is 17.5. The molecule has 124 valence electrons. The van der Waals surface area contributed by atoms with E-state index in [1.165, 1.54) is 11.1 Å². The zero-order valence-corrected chi connectivity index (χ0v) is 14.1. The Labute approximate surface area is 139 Å². The number of aliphatic hydroxyl groups excluding tert-OH is 1. The quantitative estimate of drug-likeness (QED) is 0.769. The maximum atomic E-state index is 10.4. The lowest BCUT2D eigenvalue weighted by Gasteiger charge is -2.25. The Morgan fingerprint density at radius 1 is 1.00 bits per heavy atom. The van der Waals surface area contributed by atoms with Crippen LogP contribution in [0.25, 0.3) is 0 Å². The number of nitrogens with zero attached hydrogens (tertiary/aromatic N) is 1. The smallest absolute Gasteiger partial charge is 0.118 e. The molecule has 2 aromatic carbocycles. The second-order valence-corrected chi connectivity index (χ2v) is 5.93. The van der Waals surface area contributed by atoms with E-state index in [0.29, 0.717) is 13.0 Å². The van der Waals surface area contributed by atoms with E-state index in [2.05, 4.69) is 36.1 Å². The molecule has 0 saturated heterocycles. The van der Waals surface area contributed by atoms with E-state index in [9.17, 15) is 5.11 Å². The van der Waals surface area contributed by atoms with Crippen molar-refractivity contribution in [1.82, 2.24) is 4.90 Å². The van der Waals surface area contributed by atoms with Crippen LogP contribution in [-0.4, -0.2) is 36.3 Å². The van der Waals surface area contributed by atoms with Gasteiger partial charge in [0.25, 0.3) is 0 Å². The molecule has 0 aromatic heterocycles. The van der Waals surface area contributed by atoms with Crippen LogP contribution in [0.1, 0.15) is 24.5 Å². The SMILES string of the molecule is CCCN(Cc1ccc(OC)cc1)C[C@H](O)Cc1ccccc1. The molecule has 0 spiro atoms. The minimum atomic E-state index is -0.345. The summed E-state index contributed by atoms with van der Waals surface area (Å²) in [6.07, 6.45) is 1.43. The third-order valence-corrected chi connectivity index (χ3v) is 3.89. The number of hydrogen-bond acceptors (Lipinski definition) is 3. The molecule has 0 unspecified atom stereocenters. The second kappa shape index (κ2) is 9.33. The predicted molar refractivity (Wildman–Crippen MR) is 94.7 cm³/mol. The molecular formula is C20H27NO2. The van der Waals surface area contributed by atoms with Crippen molar-refractivity contribution in [3.8, 4) is 5.75 Å². The Hall–Kier alpha value is -1.84. The van der Waals surface area contributed by atoms with E-state index in [1.807, 2.05) is 30.3 Å². The second-order valence-electron chi connectivity index (χ2n) is 5.93. The largest absolute Gasteiger partial charge is 0.497 e. The summed E-state index contributed by atoms with van der Waals surface area (Å²) in [5.74, 6) is 0.875. The van der Waals surface area contributed by atoms with Crippen molar-refractivity contribution >= 4 is 0 Å². The fourth-order valence-electron chi connectivity index (χ4n) is 2.79. The zero-order chi connectivity index (χ0) is 16.5. The highest BCUT2D eigenvalue weighted by Crippen LogP contribution is 2.14. The molecule has 0 fully saturated rings. The summed E-state index contributed by atoms with van der Waals surface area (Å²) in [6, 6.07) is 18.3. The molecule has 3 nitrogen and oxygen atoms in total. The van der Waals surface area contributed by atoms with Gasteiger partial charge < -0.3 is 9.84 Å². The van der Waals surface area contributed by atoms with Gasteiger partial charge in [0.15, 0.2) is 0 Å². The van der Waals surface area contributed by atoms with Crippen molar-refractivity contribution in [2.24, 2.45) is 0 Å². The van der Waals surface area contributed by atoms with Gasteiger partial charge in [-0.3, -0.25) is 4.90 Å². The fourth-order valence-corrected chi connectivity index (χ4v) is 2.79. The van der Waals surface area contributed by atoms with Gasteiger partial charge in [-0.1, -0.05) is 49.4 Å². The van der Waals surface area contributed by atoms with Crippen LogP contribution in [0.15, 0.2) is 54.6 Å². The zero-order valence-electron chi connectivity index (χ0n) is 14.1. The summed E-state index contributed by atoms with van der Waals surface area (Å²) < 4.78 is 5.20. The van der Waals surface area contributed by atoms with Gasteiger partial charge in [0.1, 0.15) is 5.75 Å². The van der Waals surface area contributed by atoms with Crippen LogP contribution in [0.3, 0.4) is 0 Å². The van der Waals surface area contributed by atoms with Crippen molar-refractivity contribution in [3.63, 3.8) is 0 Å². The molecule has 0 aliphatic carbocycles. The molecule has 2 rings (SSSR count). The van der Waals surface area contributed by atoms with Gasteiger partial charge in [-0.05, 0) is 42.6 Å². The molecule has 0 saturated carbocycles. The maximum absolute atomic E-state index is 10.4. The van der Waals surface area contributed by atoms with Crippen LogP contribution in [0.5, 0.6) is 5.75 Å². The first-order valence-electron chi connectivity index (χ1n) is 8.28. The van der Waals surface area contributed by atoms with Crippen molar-refractivity contribution in [1.29, 1.82) is 0 Å². The van der Waals surface area contributed by atoms with E-state index in [-0.39, 0.29) is 6.10 Å². The first-order chi connectivity index (χ1) is 11.2. The molecule has 0 amide bonds. The number of benzene rings is 2. The minimum absolute atomic E-state index is 0.345. The number of methoxy groups -OCH3 is 1. The Kier molecular flexibility index (Phi) is 7.11. The molecule has 23 heavy (non-hydrogen) atoms.